The molecule has 0 saturated carbocycles. The van der Waals surface area contributed by atoms with Crippen molar-refractivity contribution in [3.8, 4) is 0 Å². The number of carbonyl (C=O) groups is 3. The number of rotatable bonds is 16. The number of amides is 2. The summed E-state index contributed by atoms with van der Waals surface area (Å²) in [5.74, 6) is 0. The smallest absolute Gasteiger partial charge is 0.410 e. The van der Waals surface area contributed by atoms with Gasteiger partial charge >= 0.3 is 12.2 Å². The molecule has 0 rings (SSSR count). The van der Waals surface area contributed by atoms with E-state index in [2.05, 4.69) is 20.1 Å². The van der Waals surface area contributed by atoms with Gasteiger partial charge in [0.1, 0.15) is 6.29 Å². The lowest BCUT2D eigenvalue weighted by Gasteiger charge is -2.09. The van der Waals surface area contributed by atoms with Gasteiger partial charge in [0.15, 0.2) is 0 Å². The first-order valence-corrected chi connectivity index (χ1v) is 8.27. The van der Waals surface area contributed by atoms with Gasteiger partial charge in [-0.2, -0.15) is 0 Å². The van der Waals surface area contributed by atoms with E-state index in [4.69, 9.17) is 14.5 Å². The van der Waals surface area contributed by atoms with Gasteiger partial charge in [-0.15, -0.1) is 0 Å². The molecule has 2 amide bonds. The normalized spacial score (nSPS) is 10.1. The van der Waals surface area contributed by atoms with Crippen molar-refractivity contribution in [1.82, 2.24) is 10.6 Å². The van der Waals surface area contributed by atoms with Gasteiger partial charge in [-0.3, -0.25) is 0 Å². The van der Waals surface area contributed by atoms with Crippen LogP contribution in [0.25, 0.3) is 0 Å². The van der Waals surface area contributed by atoms with E-state index in [1.165, 1.54) is 0 Å². The third-order valence-electron chi connectivity index (χ3n) is 2.63. The van der Waals surface area contributed by atoms with Crippen molar-refractivity contribution in [3.05, 3.63) is 0 Å². The number of hydrogen-bond donors (Lipinski definition) is 2. The predicted molar refractivity (Wildman–Crippen MR) is 86.8 cm³/mol. The molecule has 0 atom stereocenters. The lowest BCUT2D eigenvalue weighted by molar-refractivity contribution is -0.293. The summed E-state index contributed by atoms with van der Waals surface area (Å²) < 4.78 is 14.4. The third kappa shape index (κ3) is 18.3. The Morgan fingerprint density at radius 1 is 0.880 bits per heavy atom. The highest BCUT2D eigenvalue weighted by Gasteiger charge is 2.05. The fourth-order valence-electron chi connectivity index (χ4n) is 1.35. The van der Waals surface area contributed by atoms with Crippen LogP contribution in [0.3, 0.4) is 0 Å². The Labute approximate surface area is 147 Å². The maximum absolute atomic E-state index is 11.3. The first-order chi connectivity index (χ1) is 12.2. The third-order valence-corrected chi connectivity index (χ3v) is 2.63. The van der Waals surface area contributed by atoms with Crippen molar-refractivity contribution in [1.29, 1.82) is 0 Å². The van der Waals surface area contributed by atoms with Gasteiger partial charge < -0.3 is 29.6 Å². The molecule has 0 aromatic rings. The number of alkyl carbamates (subject to hydrolysis) is 2. The molecule has 10 heteroatoms. The van der Waals surface area contributed by atoms with Crippen molar-refractivity contribution in [2.45, 2.75) is 32.6 Å². The summed E-state index contributed by atoms with van der Waals surface area (Å²) in [6.07, 6.45) is 2.38. The topological polar surface area (TPSA) is 121 Å². The van der Waals surface area contributed by atoms with E-state index in [9.17, 15) is 14.4 Å². The molecule has 2 N–H and O–H groups in total. The molecule has 0 heterocycles. The summed E-state index contributed by atoms with van der Waals surface area (Å²) in [7, 11) is 0. The molecular formula is C15H28N2O8. The van der Waals surface area contributed by atoms with E-state index in [1.807, 2.05) is 6.92 Å². The molecule has 0 aromatic heterocycles. The van der Waals surface area contributed by atoms with Crippen LogP contribution in [0.1, 0.15) is 32.6 Å². The Kier molecular flexibility index (Phi) is 17.0. The number of ether oxygens (including phenoxy) is 3. The molecule has 0 bridgehead atoms. The zero-order chi connectivity index (χ0) is 18.6. The summed E-state index contributed by atoms with van der Waals surface area (Å²) in [6, 6.07) is 0. The van der Waals surface area contributed by atoms with Crippen molar-refractivity contribution in [2.75, 3.05) is 46.3 Å². The molecule has 0 spiro atoms. The van der Waals surface area contributed by atoms with Crippen molar-refractivity contribution in [2.24, 2.45) is 0 Å². The minimum Gasteiger partial charge on any atom is -0.412 e. The number of aldehydes is 1. The van der Waals surface area contributed by atoms with Crippen LogP contribution in [-0.4, -0.2) is 64.8 Å². The van der Waals surface area contributed by atoms with Gasteiger partial charge in [0.05, 0.1) is 19.8 Å². The average molecular weight is 364 g/mol. The molecule has 0 radical (unpaired) electrons. The monoisotopic (exact) mass is 364 g/mol. The molecule has 0 aliphatic carbocycles. The zero-order valence-corrected chi connectivity index (χ0v) is 14.6. The minimum absolute atomic E-state index is 0.188. The number of carbonyl (C=O) groups excluding carboxylic acids is 3. The Balaban J connectivity index is 3.34. The van der Waals surface area contributed by atoms with Gasteiger partial charge in [0.25, 0.3) is 0 Å². The second-order valence-electron chi connectivity index (χ2n) is 4.75. The summed E-state index contributed by atoms with van der Waals surface area (Å²) in [5, 5.41) is 4.82. The van der Waals surface area contributed by atoms with Gasteiger partial charge in [-0.1, -0.05) is 13.3 Å². The summed E-state index contributed by atoms with van der Waals surface area (Å²) in [4.78, 5) is 42.3. The van der Waals surface area contributed by atoms with Gasteiger partial charge in [0.2, 0.25) is 6.79 Å². The summed E-state index contributed by atoms with van der Waals surface area (Å²) >= 11 is 0. The van der Waals surface area contributed by atoms with E-state index in [0.717, 1.165) is 19.1 Å². The van der Waals surface area contributed by atoms with Crippen molar-refractivity contribution in [3.63, 3.8) is 0 Å². The predicted octanol–water partition coefficient (Wildman–Crippen LogP) is 1.14. The largest absolute Gasteiger partial charge is 0.412 e. The van der Waals surface area contributed by atoms with Crippen LogP contribution in [0.4, 0.5) is 9.59 Å². The average Bonchev–Trinajstić information content (AvgIpc) is 2.60. The standard InChI is InChI=1S/C15H28N2O8/c1-2-3-10-24-25-12-7-17-15(20)23-13-22-14(19)16-6-11-21-9-5-4-8-18/h8H,2-7,9-13H2,1H3,(H,16,19)(H,17,20). The number of unbranched alkanes of at least 4 members (excludes halogenated alkanes) is 2. The van der Waals surface area contributed by atoms with Gasteiger partial charge in [0, 0.05) is 26.1 Å². The van der Waals surface area contributed by atoms with Crippen LogP contribution < -0.4 is 10.6 Å². The molecule has 0 unspecified atom stereocenters. The quantitative estimate of drug-likeness (QED) is 0.137. The molecule has 0 aromatic carbocycles. The molecule has 0 fully saturated rings. The van der Waals surface area contributed by atoms with Crippen molar-refractivity contribution >= 4 is 18.5 Å². The first-order valence-electron chi connectivity index (χ1n) is 8.27. The highest BCUT2D eigenvalue weighted by molar-refractivity contribution is 5.68. The second-order valence-corrected chi connectivity index (χ2v) is 4.75. The SMILES string of the molecule is CCCCOOCCNC(=O)OCOC(=O)NCCOCCCC=O. The molecule has 146 valence electrons. The van der Waals surface area contributed by atoms with Crippen molar-refractivity contribution < 1.29 is 38.4 Å². The fraction of sp³-hybridized carbons (Fsp3) is 0.800. The highest BCUT2D eigenvalue weighted by Crippen LogP contribution is 1.89. The first kappa shape index (κ1) is 23.1. The Morgan fingerprint density at radius 3 is 2.16 bits per heavy atom. The Bertz CT molecular complexity index is 354. The van der Waals surface area contributed by atoms with Crippen LogP contribution in [0, 0.1) is 0 Å². The maximum atomic E-state index is 11.3. The van der Waals surface area contributed by atoms with E-state index < -0.39 is 19.0 Å². The summed E-state index contributed by atoms with van der Waals surface area (Å²) in [5.41, 5.74) is 0. The molecule has 0 saturated heterocycles. The van der Waals surface area contributed by atoms with E-state index in [1.54, 1.807) is 0 Å². The van der Waals surface area contributed by atoms with Crippen LogP contribution >= 0.6 is 0 Å². The van der Waals surface area contributed by atoms with Crippen LogP contribution in [0.15, 0.2) is 0 Å². The number of nitrogens with one attached hydrogen (secondary N) is 2. The highest BCUT2D eigenvalue weighted by atomic mass is 17.2. The van der Waals surface area contributed by atoms with E-state index >= 15 is 0 Å². The number of hydrogen-bond acceptors (Lipinski definition) is 8. The van der Waals surface area contributed by atoms with Crippen LogP contribution in [0.2, 0.25) is 0 Å². The van der Waals surface area contributed by atoms with Crippen LogP contribution in [-0.2, 0) is 28.8 Å². The van der Waals surface area contributed by atoms with E-state index in [-0.39, 0.29) is 19.7 Å². The second kappa shape index (κ2) is 18.4. The molecular weight excluding hydrogens is 336 g/mol. The Morgan fingerprint density at radius 2 is 1.52 bits per heavy atom. The Hall–Kier alpha value is -1.91. The van der Waals surface area contributed by atoms with E-state index in [0.29, 0.717) is 32.7 Å². The van der Waals surface area contributed by atoms with Crippen LogP contribution in [0.5, 0.6) is 0 Å². The zero-order valence-electron chi connectivity index (χ0n) is 14.6. The van der Waals surface area contributed by atoms with Gasteiger partial charge in [-0.05, 0) is 12.8 Å². The molecule has 0 aliphatic heterocycles. The fourth-order valence-corrected chi connectivity index (χ4v) is 1.35. The summed E-state index contributed by atoms with van der Waals surface area (Å²) in [6.45, 7) is 3.43. The molecule has 25 heavy (non-hydrogen) atoms. The molecule has 0 aliphatic rings. The molecule has 10 nitrogen and oxygen atoms in total. The maximum Gasteiger partial charge on any atom is 0.410 e. The lowest BCUT2D eigenvalue weighted by Crippen LogP contribution is -2.32. The minimum atomic E-state index is -0.733. The lowest BCUT2D eigenvalue weighted by atomic mass is 10.3. The van der Waals surface area contributed by atoms with Gasteiger partial charge in [-0.25, -0.2) is 19.4 Å².